The lowest BCUT2D eigenvalue weighted by molar-refractivity contribution is 0.100. The molecule has 4 N–H and O–H groups in total. The van der Waals surface area contributed by atoms with Gasteiger partial charge in [-0.05, 0) is 28.5 Å². The highest BCUT2D eigenvalue weighted by atomic mass is 19.1. The predicted molar refractivity (Wildman–Crippen MR) is 96.0 cm³/mol. The molecule has 0 saturated heterocycles. The molecule has 5 nitrogen and oxygen atoms in total. The van der Waals surface area contributed by atoms with Crippen LogP contribution in [-0.4, -0.2) is 19.0 Å². The zero-order valence-electron chi connectivity index (χ0n) is 14.1. The Morgan fingerprint density at radius 3 is 2.44 bits per heavy atom. The van der Waals surface area contributed by atoms with Gasteiger partial charge in [-0.1, -0.05) is 24.3 Å². The number of hydrogen-bond acceptors (Lipinski definition) is 2. The number of methoxy groups -OCH3 is 1. The van der Waals surface area contributed by atoms with Crippen molar-refractivity contribution in [3.63, 3.8) is 0 Å². The van der Waals surface area contributed by atoms with E-state index >= 15 is 0 Å². The first-order valence-electron chi connectivity index (χ1n) is 7.72. The highest BCUT2D eigenvalue weighted by molar-refractivity contribution is 6.06. The van der Waals surface area contributed by atoms with Gasteiger partial charge in [-0.15, -0.1) is 0 Å². The number of hydrogen-bond donors (Lipinski definition) is 2. The molecule has 1 amide bonds. The van der Waals surface area contributed by atoms with E-state index in [2.05, 4.69) is 4.99 Å². The lowest BCUT2D eigenvalue weighted by Crippen LogP contribution is -2.24. The Morgan fingerprint density at radius 2 is 1.78 bits per heavy atom. The van der Waals surface area contributed by atoms with E-state index in [0.29, 0.717) is 16.8 Å². The van der Waals surface area contributed by atoms with Gasteiger partial charge in [0.25, 0.3) is 5.91 Å². The molecular formula is C19H14F3N3O2. The van der Waals surface area contributed by atoms with Crippen LogP contribution in [0.3, 0.4) is 0 Å². The van der Waals surface area contributed by atoms with Gasteiger partial charge in [0.1, 0.15) is 5.82 Å². The molecule has 0 aromatic heterocycles. The zero-order valence-corrected chi connectivity index (χ0v) is 14.1. The fourth-order valence-electron chi connectivity index (χ4n) is 2.81. The fraction of sp³-hybridized carbons (Fsp3) is 0.0526. The first kappa shape index (κ1) is 18.2. The van der Waals surface area contributed by atoms with Gasteiger partial charge in [-0.2, -0.15) is 4.99 Å². The first-order chi connectivity index (χ1) is 12.8. The first-order valence-corrected chi connectivity index (χ1v) is 7.72. The third kappa shape index (κ3) is 3.29. The summed E-state index contributed by atoms with van der Waals surface area (Å²) >= 11 is 0. The number of nitrogens with zero attached hydrogens (tertiary/aromatic N) is 1. The Kier molecular flexibility index (Phi) is 4.72. The molecule has 0 aliphatic heterocycles. The average Bonchev–Trinajstić information content (AvgIpc) is 2.61. The molecule has 0 unspecified atom stereocenters. The number of guanidine groups is 1. The maximum absolute atomic E-state index is 14.7. The van der Waals surface area contributed by atoms with Crippen LogP contribution in [0, 0.1) is 17.5 Å². The van der Waals surface area contributed by atoms with E-state index in [4.69, 9.17) is 16.2 Å². The van der Waals surface area contributed by atoms with E-state index in [1.54, 1.807) is 18.2 Å². The minimum absolute atomic E-state index is 0.123. The molecule has 0 bridgehead atoms. The lowest BCUT2D eigenvalue weighted by atomic mass is 9.95. The standard InChI is InChI=1S/C19H14F3N3O2/c1-27-17-14(21)8-13(20)15(16(17)22)11-4-2-3-9-5-6-10(7-12(9)11)18(26)25-19(23)24/h2-8H,1H3,(H4,23,24,25,26). The number of amides is 1. The van der Waals surface area contributed by atoms with Gasteiger partial charge in [-0.25, -0.2) is 13.2 Å². The van der Waals surface area contributed by atoms with Crippen molar-refractivity contribution in [2.45, 2.75) is 0 Å². The Labute approximate surface area is 152 Å². The number of carbonyl (C=O) groups is 1. The molecule has 8 heteroatoms. The minimum Gasteiger partial charge on any atom is -0.491 e. The van der Waals surface area contributed by atoms with Crippen molar-refractivity contribution < 1.29 is 22.7 Å². The lowest BCUT2D eigenvalue weighted by Gasteiger charge is -2.13. The Morgan fingerprint density at radius 1 is 1.04 bits per heavy atom. The maximum atomic E-state index is 14.7. The second-order valence-electron chi connectivity index (χ2n) is 5.65. The number of aliphatic imine (C=N–C) groups is 1. The number of benzene rings is 3. The van der Waals surface area contributed by atoms with Crippen molar-refractivity contribution in [3.8, 4) is 16.9 Å². The van der Waals surface area contributed by atoms with Gasteiger partial charge < -0.3 is 16.2 Å². The Hall–Kier alpha value is -3.55. The Balaban J connectivity index is 2.30. The van der Waals surface area contributed by atoms with Crippen LogP contribution in [0.1, 0.15) is 10.4 Å². The van der Waals surface area contributed by atoms with Crippen LogP contribution in [0.4, 0.5) is 13.2 Å². The molecule has 3 aromatic carbocycles. The average molecular weight is 373 g/mol. The van der Waals surface area contributed by atoms with Gasteiger partial charge in [0.2, 0.25) is 0 Å². The molecule has 0 aliphatic rings. The summed E-state index contributed by atoms with van der Waals surface area (Å²) in [4.78, 5) is 15.5. The van der Waals surface area contributed by atoms with E-state index in [-0.39, 0.29) is 11.1 Å². The summed E-state index contributed by atoms with van der Waals surface area (Å²) in [6, 6.07) is 9.77. The number of ether oxygens (including phenoxy) is 1. The molecule has 0 aliphatic carbocycles. The van der Waals surface area contributed by atoms with Crippen LogP contribution in [0.2, 0.25) is 0 Å². The summed E-state index contributed by atoms with van der Waals surface area (Å²) in [5.74, 6) is -5.24. The van der Waals surface area contributed by atoms with Crippen molar-refractivity contribution >= 4 is 22.6 Å². The molecule has 0 radical (unpaired) electrons. The van der Waals surface area contributed by atoms with Crippen molar-refractivity contribution in [1.82, 2.24) is 0 Å². The maximum Gasteiger partial charge on any atom is 0.280 e. The number of halogens is 3. The van der Waals surface area contributed by atoms with Crippen molar-refractivity contribution in [2.24, 2.45) is 16.5 Å². The van der Waals surface area contributed by atoms with Crippen molar-refractivity contribution in [1.29, 1.82) is 0 Å². The Bertz CT molecular complexity index is 1090. The van der Waals surface area contributed by atoms with Crippen molar-refractivity contribution in [2.75, 3.05) is 7.11 Å². The summed E-state index contributed by atoms with van der Waals surface area (Å²) in [5, 5.41) is 0.969. The quantitative estimate of drug-likeness (QED) is 0.544. The summed E-state index contributed by atoms with van der Waals surface area (Å²) in [5.41, 5.74) is 10.2. The molecule has 3 rings (SSSR count). The number of carbonyl (C=O) groups excluding carboxylic acids is 1. The predicted octanol–water partition coefficient (Wildman–Crippen LogP) is 3.35. The van der Waals surface area contributed by atoms with E-state index in [9.17, 15) is 18.0 Å². The van der Waals surface area contributed by atoms with Gasteiger partial charge in [-0.3, -0.25) is 4.79 Å². The highest BCUT2D eigenvalue weighted by Crippen LogP contribution is 2.37. The summed E-state index contributed by atoms with van der Waals surface area (Å²) in [6.45, 7) is 0. The van der Waals surface area contributed by atoms with Crippen LogP contribution in [0.15, 0.2) is 47.5 Å². The third-order valence-electron chi connectivity index (χ3n) is 3.96. The van der Waals surface area contributed by atoms with Gasteiger partial charge in [0.15, 0.2) is 23.3 Å². The largest absolute Gasteiger partial charge is 0.491 e. The minimum atomic E-state index is -1.18. The van der Waals surface area contributed by atoms with E-state index in [0.717, 1.165) is 7.11 Å². The number of nitrogens with two attached hydrogens (primary N) is 2. The highest BCUT2D eigenvalue weighted by Gasteiger charge is 2.22. The molecule has 3 aromatic rings. The van der Waals surface area contributed by atoms with Crippen LogP contribution < -0.4 is 16.2 Å². The fourth-order valence-corrected chi connectivity index (χ4v) is 2.81. The van der Waals surface area contributed by atoms with Gasteiger partial charge in [0.05, 0.1) is 12.7 Å². The summed E-state index contributed by atoms with van der Waals surface area (Å²) < 4.78 is 47.5. The van der Waals surface area contributed by atoms with E-state index in [1.165, 1.54) is 18.2 Å². The number of fused-ring (bicyclic) bond motifs is 1. The molecule has 138 valence electrons. The molecule has 0 saturated carbocycles. The van der Waals surface area contributed by atoms with E-state index < -0.39 is 40.6 Å². The molecule has 0 heterocycles. The monoisotopic (exact) mass is 373 g/mol. The molecule has 0 spiro atoms. The van der Waals surface area contributed by atoms with Crippen LogP contribution in [0.5, 0.6) is 5.75 Å². The molecular weight excluding hydrogens is 359 g/mol. The van der Waals surface area contributed by atoms with Crippen LogP contribution in [-0.2, 0) is 0 Å². The second-order valence-corrected chi connectivity index (χ2v) is 5.65. The zero-order chi connectivity index (χ0) is 19.7. The number of rotatable bonds is 3. The molecule has 0 fully saturated rings. The summed E-state index contributed by atoms with van der Waals surface area (Å²) in [7, 11) is 1.08. The van der Waals surface area contributed by atoms with Gasteiger partial charge in [0, 0.05) is 11.6 Å². The third-order valence-corrected chi connectivity index (χ3v) is 3.96. The van der Waals surface area contributed by atoms with Gasteiger partial charge >= 0.3 is 0 Å². The van der Waals surface area contributed by atoms with E-state index in [1.807, 2.05) is 0 Å². The normalized spacial score (nSPS) is 10.7. The van der Waals surface area contributed by atoms with Crippen LogP contribution >= 0.6 is 0 Å². The van der Waals surface area contributed by atoms with Crippen LogP contribution in [0.25, 0.3) is 21.9 Å². The van der Waals surface area contributed by atoms with Crippen molar-refractivity contribution in [3.05, 3.63) is 65.5 Å². The second kappa shape index (κ2) is 6.99. The molecule has 0 atom stereocenters. The SMILES string of the molecule is COc1c(F)cc(F)c(-c2cccc3ccc(C(=O)N=C(N)N)cc23)c1F. The summed E-state index contributed by atoms with van der Waals surface area (Å²) in [6.07, 6.45) is 0. The topological polar surface area (TPSA) is 90.7 Å². The molecule has 27 heavy (non-hydrogen) atoms. The smallest absolute Gasteiger partial charge is 0.280 e.